The summed E-state index contributed by atoms with van der Waals surface area (Å²) in [6.07, 6.45) is 5.33. The quantitative estimate of drug-likeness (QED) is 0.558. The molecule has 3 heterocycles. The van der Waals surface area contributed by atoms with Crippen LogP contribution < -0.4 is 10.1 Å². The Bertz CT molecular complexity index is 1230. The third-order valence-electron chi connectivity index (χ3n) is 5.27. The van der Waals surface area contributed by atoms with Crippen molar-refractivity contribution in [1.82, 2.24) is 20.1 Å². The van der Waals surface area contributed by atoms with Gasteiger partial charge in [-0.25, -0.2) is 4.98 Å². The molecule has 0 radical (unpaired) electrons. The Morgan fingerprint density at radius 3 is 2.79 bits per heavy atom. The number of fused-ring (bicyclic) bond motifs is 2. The van der Waals surface area contributed by atoms with Crippen molar-refractivity contribution in [3.63, 3.8) is 0 Å². The molecule has 28 heavy (non-hydrogen) atoms. The van der Waals surface area contributed by atoms with E-state index in [0.29, 0.717) is 0 Å². The van der Waals surface area contributed by atoms with Gasteiger partial charge in [0.25, 0.3) is 0 Å². The lowest BCUT2D eigenvalue weighted by molar-refractivity contribution is 0.419. The van der Waals surface area contributed by atoms with Gasteiger partial charge in [0.05, 0.1) is 17.3 Å². The van der Waals surface area contributed by atoms with E-state index in [1.807, 2.05) is 11.7 Å². The Morgan fingerprint density at radius 1 is 1.14 bits per heavy atom. The zero-order chi connectivity index (χ0) is 19.3. The SMILES string of the molecule is COc1cc(-c2cc(C)c3nn(C)cc3c2)cc2sc(C3=CCNCC3)nc12. The number of hydrogen-bond donors (Lipinski definition) is 1. The molecule has 5 rings (SSSR count). The fourth-order valence-corrected chi connectivity index (χ4v) is 4.96. The van der Waals surface area contributed by atoms with E-state index in [-0.39, 0.29) is 0 Å². The molecule has 142 valence electrons. The Labute approximate surface area is 167 Å². The van der Waals surface area contributed by atoms with Crippen LogP contribution in [-0.4, -0.2) is 35.0 Å². The van der Waals surface area contributed by atoms with Crippen LogP contribution >= 0.6 is 11.3 Å². The van der Waals surface area contributed by atoms with Crippen LogP contribution in [0, 0.1) is 6.92 Å². The number of thiazole rings is 1. The second kappa shape index (κ2) is 6.72. The molecule has 2 aromatic heterocycles. The van der Waals surface area contributed by atoms with Gasteiger partial charge in [-0.15, -0.1) is 11.3 Å². The monoisotopic (exact) mass is 390 g/mol. The Balaban J connectivity index is 1.66. The van der Waals surface area contributed by atoms with E-state index in [9.17, 15) is 0 Å². The van der Waals surface area contributed by atoms with Gasteiger partial charge in [0, 0.05) is 25.2 Å². The molecule has 0 saturated carbocycles. The number of nitrogens with zero attached hydrogens (tertiary/aromatic N) is 3. The first-order valence-electron chi connectivity index (χ1n) is 9.45. The molecule has 0 amide bonds. The van der Waals surface area contributed by atoms with Gasteiger partial charge < -0.3 is 10.1 Å². The highest BCUT2D eigenvalue weighted by Crippen LogP contribution is 2.38. The lowest BCUT2D eigenvalue weighted by Crippen LogP contribution is -2.19. The number of aromatic nitrogens is 3. The number of methoxy groups -OCH3 is 1. The van der Waals surface area contributed by atoms with Gasteiger partial charge in [-0.05, 0) is 66.4 Å². The van der Waals surface area contributed by atoms with Crippen molar-refractivity contribution in [2.45, 2.75) is 13.3 Å². The molecule has 0 atom stereocenters. The highest BCUT2D eigenvalue weighted by Gasteiger charge is 2.16. The van der Waals surface area contributed by atoms with Crippen molar-refractivity contribution in [2.24, 2.45) is 7.05 Å². The minimum Gasteiger partial charge on any atom is -0.494 e. The Hall–Kier alpha value is -2.70. The van der Waals surface area contributed by atoms with Gasteiger partial charge in [0.15, 0.2) is 0 Å². The normalized spacial score (nSPS) is 14.6. The molecule has 1 aliphatic rings. The van der Waals surface area contributed by atoms with Crippen molar-refractivity contribution in [3.05, 3.63) is 47.1 Å². The van der Waals surface area contributed by atoms with Crippen LogP contribution in [0.5, 0.6) is 5.75 Å². The molecule has 1 N–H and O–H groups in total. The molecule has 0 saturated heterocycles. The summed E-state index contributed by atoms with van der Waals surface area (Å²) in [5, 5.41) is 10.2. The van der Waals surface area contributed by atoms with Gasteiger partial charge in [0.1, 0.15) is 16.3 Å². The van der Waals surface area contributed by atoms with Gasteiger partial charge in [-0.1, -0.05) is 6.08 Å². The average molecular weight is 391 g/mol. The Morgan fingerprint density at radius 2 is 2.00 bits per heavy atom. The summed E-state index contributed by atoms with van der Waals surface area (Å²) in [5.74, 6) is 0.827. The van der Waals surface area contributed by atoms with Crippen molar-refractivity contribution in [2.75, 3.05) is 20.2 Å². The number of hydrogen-bond acceptors (Lipinski definition) is 5. The lowest BCUT2D eigenvalue weighted by atomic mass is 10.0. The topological polar surface area (TPSA) is 52.0 Å². The zero-order valence-corrected chi connectivity index (χ0v) is 17.1. The molecule has 0 fully saturated rings. The molecule has 6 heteroatoms. The van der Waals surface area contributed by atoms with Crippen LogP contribution in [0.15, 0.2) is 36.5 Å². The predicted octanol–water partition coefficient (Wildman–Crippen LogP) is 4.54. The molecule has 0 aliphatic carbocycles. The van der Waals surface area contributed by atoms with Crippen molar-refractivity contribution >= 4 is 38.0 Å². The molecule has 2 aromatic carbocycles. The smallest absolute Gasteiger partial charge is 0.146 e. The minimum atomic E-state index is 0.827. The summed E-state index contributed by atoms with van der Waals surface area (Å²) in [4.78, 5) is 4.90. The first-order chi connectivity index (χ1) is 13.6. The first kappa shape index (κ1) is 17.4. The van der Waals surface area contributed by atoms with Crippen molar-refractivity contribution < 1.29 is 4.74 Å². The van der Waals surface area contributed by atoms with Gasteiger partial charge in [-0.2, -0.15) is 5.10 Å². The molecule has 5 nitrogen and oxygen atoms in total. The maximum absolute atomic E-state index is 5.71. The largest absolute Gasteiger partial charge is 0.494 e. The molecule has 4 aromatic rings. The third kappa shape index (κ3) is 2.89. The first-order valence-corrected chi connectivity index (χ1v) is 10.3. The summed E-state index contributed by atoms with van der Waals surface area (Å²) < 4.78 is 8.74. The molecule has 0 bridgehead atoms. The molecule has 0 unspecified atom stereocenters. The standard InChI is InChI=1S/C22H22N4OS/c1-13-8-15(9-17-12-26(2)25-20(13)17)16-10-18(27-3)21-19(11-16)28-22(24-21)14-4-6-23-7-5-14/h4,8-12,23H,5-7H2,1-3H3. The highest BCUT2D eigenvalue weighted by atomic mass is 32.1. The van der Waals surface area contributed by atoms with E-state index in [0.717, 1.165) is 57.0 Å². The number of ether oxygens (including phenoxy) is 1. The lowest BCUT2D eigenvalue weighted by Gasteiger charge is -2.10. The van der Waals surface area contributed by atoms with E-state index in [2.05, 4.69) is 53.9 Å². The molecular formula is C22H22N4OS. The summed E-state index contributed by atoms with van der Waals surface area (Å²) in [5.41, 5.74) is 6.83. The summed E-state index contributed by atoms with van der Waals surface area (Å²) in [7, 11) is 3.68. The van der Waals surface area contributed by atoms with Crippen LogP contribution in [0.1, 0.15) is 17.0 Å². The second-order valence-electron chi connectivity index (χ2n) is 7.26. The number of aryl methyl sites for hydroxylation is 2. The fourth-order valence-electron chi connectivity index (χ4n) is 3.87. The van der Waals surface area contributed by atoms with Crippen LogP contribution in [-0.2, 0) is 7.05 Å². The third-order valence-corrected chi connectivity index (χ3v) is 6.34. The van der Waals surface area contributed by atoms with Gasteiger partial charge in [-0.3, -0.25) is 4.68 Å². The zero-order valence-electron chi connectivity index (χ0n) is 16.2. The maximum atomic E-state index is 5.71. The van der Waals surface area contributed by atoms with Crippen LogP contribution in [0.25, 0.3) is 37.8 Å². The van der Waals surface area contributed by atoms with Crippen LogP contribution in [0.4, 0.5) is 0 Å². The predicted molar refractivity (Wildman–Crippen MR) is 116 cm³/mol. The summed E-state index contributed by atoms with van der Waals surface area (Å²) in [6, 6.07) is 8.73. The van der Waals surface area contributed by atoms with Gasteiger partial charge in [0.2, 0.25) is 0 Å². The minimum absolute atomic E-state index is 0.827. The van der Waals surface area contributed by atoms with E-state index < -0.39 is 0 Å². The molecule has 1 aliphatic heterocycles. The second-order valence-corrected chi connectivity index (χ2v) is 8.29. The highest BCUT2D eigenvalue weighted by molar-refractivity contribution is 7.19. The van der Waals surface area contributed by atoms with Crippen LogP contribution in [0.2, 0.25) is 0 Å². The Kier molecular flexibility index (Phi) is 4.18. The number of nitrogens with one attached hydrogen (secondary N) is 1. The molecular weight excluding hydrogens is 368 g/mol. The van der Waals surface area contributed by atoms with Gasteiger partial charge >= 0.3 is 0 Å². The number of benzene rings is 2. The fraction of sp³-hybridized carbons (Fsp3) is 0.273. The average Bonchev–Trinajstić information content (AvgIpc) is 3.31. The molecule has 0 spiro atoms. The van der Waals surface area contributed by atoms with E-state index >= 15 is 0 Å². The van der Waals surface area contributed by atoms with E-state index in [1.165, 1.54) is 16.7 Å². The van der Waals surface area contributed by atoms with Crippen molar-refractivity contribution in [1.29, 1.82) is 0 Å². The summed E-state index contributed by atoms with van der Waals surface area (Å²) in [6.45, 7) is 4.04. The van der Waals surface area contributed by atoms with Crippen molar-refractivity contribution in [3.8, 4) is 16.9 Å². The maximum Gasteiger partial charge on any atom is 0.146 e. The van der Waals surface area contributed by atoms with E-state index in [4.69, 9.17) is 9.72 Å². The van der Waals surface area contributed by atoms with Crippen LogP contribution in [0.3, 0.4) is 0 Å². The number of rotatable bonds is 3. The summed E-state index contributed by atoms with van der Waals surface area (Å²) >= 11 is 1.75. The van der Waals surface area contributed by atoms with E-state index in [1.54, 1.807) is 18.4 Å².